The molecule has 0 aliphatic carbocycles. The second-order valence-corrected chi connectivity index (χ2v) is 5.52. The minimum absolute atomic E-state index is 0.0786. The van der Waals surface area contributed by atoms with E-state index in [2.05, 4.69) is 15.2 Å². The predicted octanol–water partition coefficient (Wildman–Crippen LogP) is 0.809. The van der Waals surface area contributed by atoms with Crippen LogP contribution < -0.4 is 0 Å². The highest BCUT2D eigenvalue weighted by molar-refractivity contribution is 5.91. The number of hydrogen-bond donors (Lipinski definition) is 1. The molecule has 1 aliphatic rings. The number of carbonyl (C=O) groups excluding carboxylic acids is 2. The quantitative estimate of drug-likeness (QED) is 0.828. The third-order valence-corrected chi connectivity index (χ3v) is 3.64. The van der Waals surface area contributed by atoms with Gasteiger partial charge in [-0.3, -0.25) is 14.7 Å². The van der Waals surface area contributed by atoms with E-state index in [1.54, 1.807) is 4.90 Å². The van der Waals surface area contributed by atoms with Crippen molar-refractivity contribution < 1.29 is 14.3 Å². The molecule has 1 aromatic heterocycles. The number of nitrogens with zero attached hydrogens (tertiary/aromatic N) is 3. The molecule has 1 aromatic rings. The zero-order chi connectivity index (χ0) is 14.9. The molecule has 2 atom stereocenters. The molecule has 7 heteroatoms. The van der Waals surface area contributed by atoms with E-state index >= 15 is 0 Å². The molecule has 2 rings (SSSR count). The smallest absolute Gasteiger partial charge is 0.310 e. The lowest BCUT2D eigenvalue weighted by molar-refractivity contribution is -0.146. The van der Waals surface area contributed by atoms with Crippen LogP contribution in [0.15, 0.2) is 0 Å². The molecule has 1 aliphatic heterocycles. The van der Waals surface area contributed by atoms with Crippen LogP contribution in [0, 0.1) is 11.8 Å². The van der Waals surface area contributed by atoms with Crippen molar-refractivity contribution in [1.82, 2.24) is 20.1 Å². The molecule has 1 fully saturated rings. The first-order valence-electron chi connectivity index (χ1n) is 6.73. The lowest BCUT2D eigenvalue weighted by atomic mass is 9.99. The fraction of sp³-hybridized carbons (Fsp3) is 0.692. The first kappa shape index (κ1) is 14.5. The number of esters is 1. The van der Waals surface area contributed by atoms with Gasteiger partial charge < -0.3 is 9.64 Å². The summed E-state index contributed by atoms with van der Waals surface area (Å²) < 4.78 is 4.76. The van der Waals surface area contributed by atoms with Crippen LogP contribution in [0.4, 0.5) is 0 Å². The van der Waals surface area contributed by atoms with Crippen molar-refractivity contribution in [2.24, 2.45) is 11.8 Å². The number of H-pyrrole nitrogens is 1. The number of aromatic nitrogens is 3. The summed E-state index contributed by atoms with van der Waals surface area (Å²) in [4.78, 5) is 29.7. The second kappa shape index (κ2) is 5.60. The maximum Gasteiger partial charge on any atom is 0.310 e. The molecule has 110 valence electrons. The Hall–Kier alpha value is -1.92. The molecule has 0 radical (unpaired) electrons. The maximum absolute atomic E-state index is 12.3. The minimum atomic E-state index is -0.273. The van der Waals surface area contributed by atoms with Crippen LogP contribution in [0.5, 0.6) is 0 Å². The van der Waals surface area contributed by atoms with Crippen molar-refractivity contribution in [3.8, 4) is 0 Å². The molecule has 0 spiro atoms. The molecule has 20 heavy (non-hydrogen) atoms. The largest absolute Gasteiger partial charge is 0.469 e. The second-order valence-electron chi connectivity index (χ2n) is 5.52. The van der Waals surface area contributed by atoms with E-state index in [-0.39, 0.29) is 35.5 Å². The highest BCUT2D eigenvalue weighted by atomic mass is 16.5. The monoisotopic (exact) mass is 280 g/mol. The molecule has 2 heterocycles. The number of ether oxygens (including phenoxy) is 1. The Morgan fingerprint density at radius 3 is 2.65 bits per heavy atom. The predicted molar refractivity (Wildman–Crippen MR) is 71.0 cm³/mol. The SMILES string of the molecule is COC(=O)C1CN(C(=O)c2n[nH]c(C(C)C)n2)CC1C. The van der Waals surface area contributed by atoms with Crippen LogP contribution in [0.2, 0.25) is 0 Å². The lowest BCUT2D eigenvalue weighted by Gasteiger charge is -2.13. The molecule has 1 amide bonds. The van der Waals surface area contributed by atoms with E-state index < -0.39 is 0 Å². The summed E-state index contributed by atoms with van der Waals surface area (Å²) in [6, 6.07) is 0. The Kier molecular flexibility index (Phi) is 4.06. The topological polar surface area (TPSA) is 88.2 Å². The third-order valence-electron chi connectivity index (χ3n) is 3.64. The Balaban J connectivity index is 2.08. The fourth-order valence-electron chi connectivity index (χ4n) is 2.36. The first-order valence-corrected chi connectivity index (χ1v) is 6.73. The number of methoxy groups -OCH3 is 1. The number of nitrogens with one attached hydrogen (secondary N) is 1. The number of likely N-dealkylation sites (tertiary alicyclic amines) is 1. The van der Waals surface area contributed by atoms with Crippen molar-refractivity contribution in [3.63, 3.8) is 0 Å². The van der Waals surface area contributed by atoms with Gasteiger partial charge in [0, 0.05) is 19.0 Å². The van der Waals surface area contributed by atoms with Crippen LogP contribution in [0.3, 0.4) is 0 Å². The minimum Gasteiger partial charge on any atom is -0.469 e. The summed E-state index contributed by atoms with van der Waals surface area (Å²) in [5.74, 6) is 0.320. The normalized spacial score (nSPS) is 22.4. The van der Waals surface area contributed by atoms with E-state index in [0.717, 1.165) is 0 Å². The van der Waals surface area contributed by atoms with Gasteiger partial charge in [0.25, 0.3) is 5.91 Å². The van der Waals surface area contributed by atoms with E-state index in [4.69, 9.17) is 4.74 Å². The summed E-state index contributed by atoms with van der Waals surface area (Å²) in [5.41, 5.74) is 0. The Labute approximate surface area is 117 Å². The summed E-state index contributed by atoms with van der Waals surface area (Å²) in [5, 5.41) is 6.72. The molecular weight excluding hydrogens is 260 g/mol. The third kappa shape index (κ3) is 2.66. The zero-order valence-electron chi connectivity index (χ0n) is 12.2. The number of rotatable bonds is 3. The van der Waals surface area contributed by atoms with Crippen LogP contribution >= 0.6 is 0 Å². The standard InChI is InChI=1S/C13H20N4O3/c1-7(2)10-14-11(16-15-10)12(18)17-5-8(3)9(6-17)13(19)20-4/h7-9H,5-6H2,1-4H3,(H,14,15,16). The van der Waals surface area contributed by atoms with E-state index in [1.165, 1.54) is 7.11 Å². The van der Waals surface area contributed by atoms with Gasteiger partial charge in [0.2, 0.25) is 5.82 Å². The van der Waals surface area contributed by atoms with Gasteiger partial charge in [0.1, 0.15) is 5.82 Å². The van der Waals surface area contributed by atoms with Gasteiger partial charge in [0.05, 0.1) is 13.0 Å². The average molecular weight is 280 g/mol. The van der Waals surface area contributed by atoms with Gasteiger partial charge in [0.15, 0.2) is 0 Å². The fourth-order valence-corrected chi connectivity index (χ4v) is 2.36. The van der Waals surface area contributed by atoms with Crippen molar-refractivity contribution in [3.05, 3.63) is 11.6 Å². The lowest BCUT2D eigenvalue weighted by Crippen LogP contribution is -2.31. The van der Waals surface area contributed by atoms with Crippen LogP contribution in [0.1, 0.15) is 43.1 Å². The van der Waals surface area contributed by atoms with Crippen molar-refractivity contribution in [2.45, 2.75) is 26.7 Å². The number of carbonyl (C=O) groups is 2. The number of aromatic amines is 1. The van der Waals surface area contributed by atoms with Crippen LogP contribution in [-0.4, -0.2) is 52.2 Å². The van der Waals surface area contributed by atoms with Crippen molar-refractivity contribution >= 4 is 11.9 Å². The average Bonchev–Trinajstić information content (AvgIpc) is 3.03. The van der Waals surface area contributed by atoms with Gasteiger partial charge in [-0.15, -0.1) is 5.10 Å². The first-order chi connectivity index (χ1) is 9.43. The number of amides is 1. The number of hydrogen-bond acceptors (Lipinski definition) is 5. The molecule has 7 nitrogen and oxygen atoms in total. The molecule has 2 unspecified atom stereocenters. The van der Waals surface area contributed by atoms with Gasteiger partial charge in [-0.1, -0.05) is 20.8 Å². The zero-order valence-corrected chi connectivity index (χ0v) is 12.2. The summed E-state index contributed by atoms with van der Waals surface area (Å²) in [6.07, 6.45) is 0. The van der Waals surface area contributed by atoms with Crippen molar-refractivity contribution in [1.29, 1.82) is 0 Å². The maximum atomic E-state index is 12.3. The van der Waals surface area contributed by atoms with E-state index in [1.807, 2.05) is 20.8 Å². The molecular formula is C13H20N4O3. The molecule has 0 aromatic carbocycles. The Bertz CT molecular complexity index is 511. The van der Waals surface area contributed by atoms with Gasteiger partial charge >= 0.3 is 5.97 Å². The molecule has 0 bridgehead atoms. The van der Waals surface area contributed by atoms with Gasteiger partial charge in [-0.2, -0.15) is 0 Å². The Morgan fingerprint density at radius 1 is 1.40 bits per heavy atom. The van der Waals surface area contributed by atoms with Crippen LogP contribution in [-0.2, 0) is 9.53 Å². The summed E-state index contributed by atoms with van der Waals surface area (Å²) in [7, 11) is 1.36. The summed E-state index contributed by atoms with van der Waals surface area (Å²) >= 11 is 0. The highest BCUT2D eigenvalue weighted by Gasteiger charge is 2.38. The van der Waals surface area contributed by atoms with Gasteiger partial charge in [-0.25, -0.2) is 4.98 Å². The van der Waals surface area contributed by atoms with Crippen molar-refractivity contribution in [2.75, 3.05) is 20.2 Å². The highest BCUT2D eigenvalue weighted by Crippen LogP contribution is 2.25. The molecule has 0 saturated carbocycles. The summed E-state index contributed by atoms with van der Waals surface area (Å²) in [6.45, 7) is 6.76. The van der Waals surface area contributed by atoms with Gasteiger partial charge in [-0.05, 0) is 5.92 Å². The van der Waals surface area contributed by atoms with E-state index in [0.29, 0.717) is 18.9 Å². The molecule has 1 saturated heterocycles. The Morgan fingerprint density at radius 2 is 2.10 bits per heavy atom. The van der Waals surface area contributed by atoms with Crippen LogP contribution in [0.25, 0.3) is 0 Å². The molecule has 1 N–H and O–H groups in total. The van der Waals surface area contributed by atoms with E-state index in [9.17, 15) is 9.59 Å².